The van der Waals surface area contributed by atoms with Crippen LogP contribution in [0.25, 0.3) is 0 Å². The number of carbonyl (C=O) groups excluding carboxylic acids is 12. The van der Waals surface area contributed by atoms with Gasteiger partial charge in [0.2, 0.25) is 35.4 Å². The largest absolute Gasteiger partial charge is 0.497 e. The van der Waals surface area contributed by atoms with Gasteiger partial charge in [-0.1, -0.05) is 42.5 Å². The van der Waals surface area contributed by atoms with Gasteiger partial charge in [-0.2, -0.15) is 0 Å². The van der Waals surface area contributed by atoms with E-state index in [0.29, 0.717) is 16.9 Å². The second-order valence-corrected chi connectivity index (χ2v) is 22.5. The van der Waals surface area contributed by atoms with E-state index in [1.165, 1.54) is 28.4 Å². The summed E-state index contributed by atoms with van der Waals surface area (Å²) in [5.41, 5.74) is -4.48. The number of methoxy groups -OCH3 is 4. The summed E-state index contributed by atoms with van der Waals surface area (Å²) in [7, 11) is 5.54. The van der Waals surface area contributed by atoms with Crippen LogP contribution >= 0.6 is 0 Å². The Labute approximate surface area is 477 Å². The molecular formula is C55H68N12O16. The first-order chi connectivity index (χ1) is 39.8. The van der Waals surface area contributed by atoms with E-state index in [1.807, 2.05) is 0 Å². The van der Waals surface area contributed by atoms with Crippen LogP contribution in [0.15, 0.2) is 54.6 Å². The Morgan fingerprint density at radius 3 is 1.16 bits per heavy atom. The van der Waals surface area contributed by atoms with Crippen molar-refractivity contribution < 1.29 is 76.5 Å². The van der Waals surface area contributed by atoms with Gasteiger partial charge in [-0.25, -0.2) is 14.4 Å². The Bertz CT molecular complexity index is 2980. The van der Waals surface area contributed by atoms with E-state index in [4.69, 9.17) is 18.9 Å². The van der Waals surface area contributed by atoms with Crippen LogP contribution < -0.4 is 20.7 Å². The summed E-state index contributed by atoms with van der Waals surface area (Å²) in [5.74, 6) is -6.87. The maximum Gasteiger partial charge on any atom is 0.325 e. The van der Waals surface area contributed by atoms with E-state index in [2.05, 4.69) is 16.0 Å². The first-order valence-corrected chi connectivity index (χ1v) is 27.6. The Hall–Kier alpha value is -8.24. The van der Waals surface area contributed by atoms with E-state index < -0.39 is 165 Å². The van der Waals surface area contributed by atoms with Crippen molar-refractivity contribution in [3.05, 3.63) is 65.7 Å². The van der Waals surface area contributed by atoms with E-state index in [-0.39, 0.29) is 65.0 Å². The molecule has 0 aromatic heterocycles. The minimum Gasteiger partial charge on any atom is -0.497 e. The average Bonchev–Trinajstić information content (AvgIpc) is 2.06. The van der Waals surface area contributed by atoms with E-state index >= 15 is 28.8 Å². The molecule has 444 valence electrons. The predicted octanol–water partition coefficient (Wildman–Crippen LogP) is -2.08. The van der Waals surface area contributed by atoms with Crippen molar-refractivity contribution in [2.45, 2.75) is 79.9 Å². The lowest BCUT2D eigenvalue weighted by atomic mass is 9.95. The number of urea groups is 3. The highest BCUT2D eigenvalue weighted by Gasteiger charge is 2.64. The molecule has 28 heteroatoms. The van der Waals surface area contributed by atoms with Gasteiger partial charge in [0.05, 0.1) is 79.3 Å². The molecule has 1 aliphatic carbocycles. The van der Waals surface area contributed by atoms with Crippen molar-refractivity contribution in [1.82, 2.24) is 60.0 Å². The van der Waals surface area contributed by atoms with Gasteiger partial charge in [0.1, 0.15) is 40.5 Å². The summed E-state index contributed by atoms with van der Waals surface area (Å²) in [5, 5.41) is 8.26. The van der Waals surface area contributed by atoms with Gasteiger partial charge >= 0.3 is 18.1 Å². The summed E-state index contributed by atoms with van der Waals surface area (Å²) in [6, 6.07) is 8.16. The van der Waals surface area contributed by atoms with Crippen LogP contribution in [0, 0.1) is 5.92 Å². The topological polar surface area (TPSA) is 307 Å². The standard InChI is InChI=1S/C55H68N12O16/c1-80-19-16-59-29-42(69)66-32-54(48(75)63(51(78)57-54)26-35-10-11-35)23-39(66)45(72)61(18-21-82-3)30-43(70)67-33-55(49(76)64(52(79)58-55)27-36-12-14-37(83-4)15-13-36)24-40(67)46(73)60(17-20-81-2)28-41(68)65-31-53(22-38(65)44(59)71)47(74)62(50(77)56-53)25-34-8-6-5-7-9-34/h5-9,12-15,35,38-40H,10-11,16-33H2,1-4H3,(H,56,77)(H,57,78)(H,58,79)/t38-,39-,40-,53-,54-,55-/m0/s1. The molecule has 28 nitrogen and oxygen atoms in total. The van der Waals surface area contributed by atoms with Gasteiger partial charge in [-0.3, -0.25) is 57.9 Å². The first kappa shape index (κ1) is 58.0. The van der Waals surface area contributed by atoms with Crippen molar-refractivity contribution in [1.29, 1.82) is 0 Å². The molecule has 2 aromatic rings. The van der Waals surface area contributed by atoms with Crippen LogP contribution in [-0.4, -0.2) is 264 Å². The SMILES string of the molecule is COCCN1CC(=O)N2C[C@]3(C[C@H]2C(=O)N(CCOC)CC(=O)N2C[C@]4(C[C@H]2C(=O)N(CCOC)CC(=O)N2C[C@]5(C[C@H]2C1=O)NC(=O)N(Cc1ccccc1)C5=O)NC(=O)N(Cc1ccc(OC)cc1)C4=O)NC(=O)N(CC1CC1)C3=O. The number of ether oxygens (including phenoxy) is 4. The van der Waals surface area contributed by atoms with Gasteiger partial charge in [-0.15, -0.1) is 0 Å². The van der Waals surface area contributed by atoms with E-state index in [1.54, 1.807) is 54.6 Å². The summed E-state index contributed by atoms with van der Waals surface area (Å²) in [6.07, 6.45) is 0.143. The highest BCUT2D eigenvalue weighted by Crippen LogP contribution is 2.40. The van der Waals surface area contributed by atoms with Crippen molar-refractivity contribution in [2.75, 3.05) is 114 Å². The van der Waals surface area contributed by atoms with Gasteiger partial charge in [0, 0.05) is 66.8 Å². The van der Waals surface area contributed by atoms with Gasteiger partial charge in [0.15, 0.2) is 0 Å². The van der Waals surface area contributed by atoms with E-state index in [9.17, 15) is 28.8 Å². The number of nitrogens with zero attached hydrogens (tertiary/aromatic N) is 9. The van der Waals surface area contributed by atoms with Crippen molar-refractivity contribution in [2.24, 2.45) is 5.92 Å². The average molecular weight is 1150 g/mol. The summed E-state index contributed by atoms with van der Waals surface area (Å²) < 4.78 is 21.5. The Balaban J connectivity index is 1.06. The third-order valence-corrected chi connectivity index (χ3v) is 17.1. The van der Waals surface area contributed by atoms with E-state index in [0.717, 1.165) is 56.9 Å². The normalized spacial score (nSPS) is 28.1. The van der Waals surface area contributed by atoms with Crippen LogP contribution in [0.2, 0.25) is 0 Å². The number of fused-ring (bicyclic) bond motifs is 3. The number of hydrogen-bond acceptors (Lipinski definition) is 16. The lowest BCUT2D eigenvalue weighted by Gasteiger charge is -2.35. The Morgan fingerprint density at radius 2 is 0.807 bits per heavy atom. The minimum absolute atomic E-state index is 0.0706. The molecule has 8 aliphatic rings. The maximum absolute atomic E-state index is 15.5. The Morgan fingerprint density at radius 1 is 0.458 bits per heavy atom. The lowest BCUT2D eigenvalue weighted by Crippen LogP contribution is -2.58. The quantitative estimate of drug-likeness (QED) is 0.152. The molecule has 3 N–H and O–H groups in total. The fourth-order valence-electron chi connectivity index (χ4n) is 12.4. The number of nitrogens with one attached hydrogen (secondary N) is 3. The zero-order valence-corrected chi connectivity index (χ0v) is 46.7. The summed E-state index contributed by atoms with van der Waals surface area (Å²) in [4.78, 5) is 187. The minimum atomic E-state index is -1.91. The van der Waals surface area contributed by atoms with Gasteiger partial charge in [0.25, 0.3) is 17.7 Å². The highest BCUT2D eigenvalue weighted by molar-refractivity contribution is 6.11. The van der Waals surface area contributed by atoms with Crippen LogP contribution in [0.4, 0.5) is 14.4 Å². The highest BCUT2D eigenvalue weighted by atomic mass is 16.5. The molecule has 8 fully saturated rings. The fraction of sp³-hybridized carbons (Fsp3) is 0.564. The van der Waals surface area contributed by atoms with Crippen molar-refractivity contribution in [3.8, 4) is 5.75 Å². The molecule has 83 heavy (non-hydrogen) atoms. The second kappa shape index (κ2) is 23.2. The van der Waals surface area contributed by atoms with Crippen LogP contribution in [0.1, 0.15) is 43.2 Å². The molecule has 7 heterocycles. The fourth-order valence-corrected chi connectivity index (χ4v) is 12.4. The number of imide groups is 3. The van der Waals surface area contributed by atoms with Crippen LogP contribution in [-0.2, 0) is 70.5 Å². The zero-order valence-electron chi connectivity index (χ0n) is 46.7. The van der Waals surface area contributed by atoms with Gasteiger partial charge < -0.3 is 64.3 Å². The zero-order chi connectivity index (χ0) is 59.1. The monoisotopic (exact) mass is 1150 g/mol. The molecule has 7 aliphatic heterocycles. The van der Waals surface area contributed by atoms with Crippen molar-refractivity contribution >= 4 is 71.3 Å². The molecule has 3 spiro atoms. The molecule has 6 atom stereocenters. The number of hydrogen-bond donors (Lipinski definition) is 3. The lowest BCUT2D eigenvalue weighted by molar-refractivity contribution is -0.154. The predicted molar refractivity (Wildman–Crippen MR) is 284 cm³/mol. The third kappa shape index (κ3) is 11.0. The molecular weight excluding hydrogens is 1080 g/mol. The van der Waals surface area contributed by atoms with Crippen LogP contribution in [0.5, 0.6) is 5.75 Å². The molecule has 2 aromatic carbocycles. The number of amides is 15. The molecule has 7 saturated heterocycles. The molecule has 10 rings (SSSR count). The number of benzene rings is 2. The maximum atomic E-state index is 15.5. The third-order valence-electron chi connectivity index (χ3n) is 17.1. The second-order valence-electron chi connectivity index (χ2n) is 22.5. The molecule has 0 unspecified atom stereocenters. The van der Waals surface area contributed by atoms with Crippen molar-refractivity contribution in [3.63, 3.8) is 0 Å². The summed E-state index contributed by atoms with van der Waals surface area (Å²) >= 11 is 0. The van der Waals surface area contributed by atoms with Gasteiger partial charge in [-0.05, 0) is 42.0 Å². The molecule has 15 amide bonds. The smallest absolute Gasteiger partial charge is 0.325 e. The number of rotatable bonds is 16. The molecule has 0 radical (unpaired) electrons. The van der Waals surface area contributed by atoms with Crippen LogP contribution in [0.3, 0.4) is 0 Å². The molecule has 1 saturated carbocycles. The first-order valence-electron chi connectivity index (χ1n) is 27.6. The number of carbonyl (C=O) groups is 12. The molecule has 0 bridgehead atoms. The Kier molecular flexibility index (Phi) is 16.2. The summed E-state index contributed by atoms with van der Waals surface area (Å²) in [6.45, 7) is -5.67.